The first-order valence-corrected chi connectivity index (χ1v) is 12.3. The molecule has 3 N–H and O–H groups in total. The number of fused-ring (bicyclic) bond motifs is 2. The largest absolute Gasteiger partial charge is 0.418 e. The molecule has 0 radical (unpaired) electrons. The number of rotatable bonds is 8. The molecule has 0 saturated carbocycles. The maximum atomic E-state index is 12.5. The molecular weight excluding hydrogens is 430 g/mol. The van der Waals surface area contributed by atoms with Gasteiger partial charge in [-0.3, -0.25) is 14.2 Å². The molecule has 2 unspecified atom stereocenters. The summed E-state index contributed by atoms with van der Waals surface area (Å²) in [6.07, 6.45) is 5.59. The van der Waals surface area contributed by atoms with Crippen LogP contribution in [0.4, 0.5) is 4.79 Å². The summed E-state index contributed by atoms with van der Waals surface area (Å²) in [6, 6.07) is -1.91. The van der Waals surface area contributed by atoms with E-state index in [1.807, 2.05) is 0 Å². The fourth-order valence-corrected chi connectivity index (χ4v) is 5.45. The van der Waals surface area contributed by atoms with Crippen LogP contribution in [0.2, 0.25) is 0 Å². The normalized spacial score (nSPS) is 32.0. The van der Waals surface area contributed by atoms with Crippen molar-refractivity contribution in [3.8, 4) is 0 Å². The van der Waals surface area contributed by atoms with Crippen LogP contribution in [0.3, 0.4) is 0 Å². The predicted molar refractivity (Wildman–Crippen MR) is 108 cm³/mol. The minimum absolute atomic E-state index is 0.148. The zero-order valence-corrected chi connectivity index (χ0v) is 18.3. The Morgan fingerprint density at radius 1 is 1.23 bits per heavy atom. The van der Waals surface area contributed by atoms with Gasteiger partial charge in [-0.1, -0.05) is 6.42 Å². The molecule has 0 aromatic carbocycles. The molecule has 31 heavy (non-hydrogen) atoms. The summed E-state index contributed by atoms with van der Waals surface area (Å²) in [6.45, 7) is 4.88. The number of urea groups is 1. The van der Waals surface area contributed by atoms with Gasteiger partial charge in [0.2, 0.25) is 0 Å². The van der Waals surface area contributed by atoms with E-state index in [1.54, 1.807) is 0 Å². The molecule has 0 aliphatic carbocycles. The number of hydrogen-bond donors (Lipinski definition) is 3. The van der Waals surface area contributed by atoms with Gasteiger partial charge in [-0.05, 0) is 57.7 Å². The Hall–Kier alpha value is -1.51. The second-order valence-corrected chi connectivity index (χ2v) is 9.86. The van der Waals surface area contributed by atoms with Crippen molar-refractivity contribution in [1.82, 2.24) is 25.7 Å². The van der Waals surface area contributed by atoms with Crippen LogP contribution in [-0.2, 0) is 24.3 Å². The minimum atomic E-state index is -4.81. The summed E-state index contributed by atoms with van der Waals surface area (Å²) in [5.74, 6) is 0.122. The maximum Gasteiger partial charge on any atom is 0.418 e. The lowest BCUT2D eigenvalue weighted by Gasteiger charge is -2.29. The van der Waals surface area contributed by atoms with Crippen molar-refractivity contribution in [1.29, 1.82) is 0 Å². The number of carbonyl (C=O) groups is 2. The van der Waals surface area contributed by atoms with Gasteiger partial charge in [0.05, 0.1) is 12.6 Å². The van der Waals surface area contributed by atoms with E-state index in [-0.39, 0.29) is 12.6 Å². The van der Waals surface area contributed by atoms with Crippen molar-refractivity contribution in [3.63, 3.8) is 0 Å². The van der Waals surface area contributed by atoms with Crippen LogP contribution in [0.1, 0.15) is 38.5 Å². The smallest absolute Gasteiger partial charge is 0.311 e. The average molecular weight is 462 g/mol. The highest BCUT2D eigenvalue weighted by molar-refractivity contribution is 7.80. The highest BCUT2D eigenvalue weighted by atomic mass is 32.3. The lowest BCUT2D eigenvalue weighted by atomic mass is 10.0. The van der Waals surface area contributed by atoms with E-state index in [2.05, 4.69) is 20.0 Å². The summed E-state index contributed by atoms with van der Waals surface area (Å²) in [5.41, 5.74) is 2.43. The van der Waals surface area contributed by atoms with Gasteiger partial charge in [-0.25, -0.2) is 10.3 Å². The maximum absolute atomic E-state index is 12.5. The summed E-state index contributed by atoms with van der Waals surface area (Å²) in [5, 5.41) is 4.06. The Morgan fingerprint density at radius 2 is 2.00 bits per heavy atom. The Labute approximate surface area is 182 Å². The molecule has 4 atom stereocenters. The molecule has 12 nitrogen and oxygen atoms in total. The zero-order chi connectivity index (χ0) is 22.0. The first kappa shape index (κ1) is 22.7. The van der Waals surface area contributed by atoms with Crippen molar-refractivity contribution in [3.05, 3.63) is 0 Å². The molecule has 4 aliphatic heterocycles. The molecule has 4 saturated heterocycles. The van der Waals surface area contributed by atoms with Crippen LogP contribution in [0, 0.1) is 5.92 Å². The predicted octanol–water partition coefficient (Wildman–Crippen LogP) is -0.499. The Kier molecular flexibility index (Phi) is 6.98. The lowest BCUT2D eigenvalue weighted by molar-refractivity contribution is -0.139. The SMILES string of the molecule is O=C(NOC[C@H]1C[C@H](CN2CCCCC2)CN1)C1CCC2CN1C(=O)N2OS(=O)(=O)O. The first-order chi connectivity index (χ1) is 14.8. The number of nitrogens with zero attached hydrogens (tertiary/aromatic N) is 3. The third-order valence-electron chi connectivity index (χ3n) is 6.54. The van der Waals surface area contributed by atoms with Crippen LogP contribution in [0.25, 0.3) is 0 Å². The fourth-order valence-electron chi connectivity index (χ4n) is 5.06. The summed E-state index contributed by atoms with van der Waals surface area (Å²) < 4.78 is 35.1. The van der Waals surface area contributed by atoms with Crippen molar-refractivity contribution in [2.75, 3.05) is 39.3 Å². The van der Waals surface area contributed by atoms with Crippen LogP contribution in [-0.4, -0.2) is 97.2 Å². The average Bonchev–Trinajstić information content (AvgIpc) is 3.26. The highest BCUT2D eigenvalue weighted by Gasteiger charge is 2.49. The number of hydrogen-bond acceptors (Lipinski definition) is 8. The van der Waals surface area contributed by atoms with Crippen LogP contribution in [0.5, 0.6) is 0 Å². The van der Waals surface area contributed by atoms with Gasteiger partial charge >= 0.3 is 16.4 Å². The standard InChI is InChI=1S/C18H31N5O7S/c24-17(16-5-4-15-11-22(16)18(25)23(15)30-31(26,27)28)20-29-12-14-8-13(9-19-14)10-21-6-2-1-3-7-21/h13-16,19H,1-12H2,(H,20,24)(H,26,27,28)/t13-,14+,15?,16?/m0/s1. The van der Waals surface area contributed by atoms with E-state index in [9.17, 15) is 18.0 Å². The second kappa shape index (κ2) is 9.55. The molecular formula is C18H31N5O7S. The van der Waals surface area contributed by atoms with Crippen LogP contribution < -0.4 is 10.8 Å². The molecule has 0 spiro atoms. The second-order valence-electron chi connectivity index (χ2n) is 8.86. The molecule has 0 aromatic rings. The Morgan fingerprint density at radius 3 is 2.74 bits per heavy atom. The molecule has 2 bridgehead atoms. The number of amides is 3. The minimum Gasteiger partial charge on any atom is -0.311 e. The fraction of sp³-hybridized carbons (Fsp3) is 0.889. The number of piperidine rings is 2. The van der Waals surface area contributed by atoms with Crippen LogP contribution >= 0.6 is 0 Å². The van der Waals surface area contributed by atoms with Gasteiger partial charge in [-0.2, -0.15) is 13.5 Å². The van der Waals surface area contributed by atoms with Gasteiger partial charge < -0.3 is 15.1 Å². The quantitative estimate of drug-likeness (QED) is 0.322. The molecule has 4 aliphatic rings. The van der Waals surface area contributed by atoms with Gasteiger partial charge in [0.25, 0.3) is 5.91 Å². The molecule has 176 valence electrons. The number of carbonyl (C=O) groups excluding carboxylic acids is 2. The van der Waals surface area contributed by atoms with E-state index in [1.165, 1.54) is 37.3 Å². The molecule has 13 heteroatoms. The Bertz CT molecular complexity index is 775. The molecule has 4 fully saturated rings. The number of nitrogens with one attached hydrogen (secondary N) is 2. The van der Waals surface area contributed by atoms with Gasteiger partial charge in [0.1, 0.15) is 6.04 Å². The van der Waals surface area contributed by atoms with E-state index in [0.29, 0.717) is 30.4 Å². The van der Waals surface area contributed by atoms with Crippen LogP contribution in [0.15, 0.2) is 0 Å². The van der Waals surface area contributed by atoms with Gasteiger partial charge in [-0.15, -0.1) is 4.28 Å². The zero-order valence-electron chi connectivity index (χ0n) is 17.4. The molecule has 4 heterocycles. The summed E-state index contributed by atoms with van der Waals surface area (Å²) >= 11 is 0. The van der Waals surface area contributed by atoms with Crippen molar-refractivity contribution >= 4 is 22.3 Å². The molecule has 4 rings (SSSR count). The van der Waals surface area contributed by atoms with E-state index in [0.717, 1.165) is 19.5 Å². The summed E-state index contributed by atoms with van der Waals surface area (Å²) in [7, 11) is -4.81. The van der Waals surface area contributed by atoms with Crippen molar-refractivity contribution in [2.45, 2.75) is 56.7 Å². The monoisotopic (exact) mass is 461 g/mol. The van der Waals surface area contributed by atoms with E-state index in [4.69, 9.17) is 9.39 Å². The van der Waals surface area contributed by atoms with Crippen molar-refractivity contribution in [2.24, 2.45) is 5.92 Å². The highest BCUT2D eigenvalue weighted by Crippen LogP contribution is 2.30. The number of hydroxylamine groups is 3. The summed E-state index contributed by atoms with van der Waals surface area (Å²) in [4.78, 5) is 34.1. The molecule has 3 amide bonds. The van der Waals surface area contributed by atoms with Gasteiger partial charge in [0, 0.05) is 19.1 Å². The Balaban J connectivity index is 1.19. The first-order valence-electron chi connectivity index (χ1n) is 10.9. The molecule has 0 aromatic heterocycles. The van der Waals surface area contributed by atoms with E-state index < -0.39 is 34.4 Å². The van der Waals surface area contributed by atoms with Gasteiger partial charge in [0.15, 0.2) is 0 Å². The lowest BCUT2D eigenvalue weighted by Crippen LogP contribution is -2.50. The van der Waals surface area contributed by atoms with Crippen molar-refractivity contribution < 1.29 is 31.7 Å². The third kappa shape index (κ3) is 5.65. The topological polar surface area (TPSA) is 141 Å². The van der Waals surface area contributed by atoms with E-state index >= 15 is 0 Å². The number of likely N-dealkylation sites (tertiary alicyclic amines) is 1. The third-order valence-corrected chi connectivity index (χ3v) is 6.88.